The predicted octanol–water partition coefficient (Wildman–Crippen LogP) is 2.98. The fraction of sp³-hybridized carbons (Fsp3) is 0.318. The first-order valence-electron chi connectivity index (χ1n) is 9.70. The molecule has 2 aromatic carbocycles. The van der Waals surface area contributed by atoms with Gasteiger partial charge in [0.2, 0.25) is 5.91 Å². The van der Waals surface area contributed by atoms with Crippen LogP contribution in [-0.4, -0.2) is 60.2 Å². The average Bonchev–Trinajstić information content (AvgIpc) is 2.99. The van der Waals surface area contributed by atoms with Crippen molar-refractivity contribution in [1.82, 2.24) is 9.80 Å². The zero-order valence-corrected chi connectivity index (χ0v) is 17.0. The lowest BCUT2D eigenvalue weighted by Gasteiger charge is -2.36. The summed E-state index contributed by atoms with van der Waals surface area (Å²) in [6.45, 7) is 4.73. The zero-order chi connectivity index (χ0) is 20.5. The Bertz CT molecular complexity index is 948. The van der Waals surface area contributed by atoms with Gasteiger partial charge in [-0.2, -0.15) is 0 Å². The zero-order valence-electron chi connectivity index (χ0n) is 16.2. The van der Waals surface area contributed by atoms with E-state index in [9.17, 15) is 14.4 Å². The summed E-state index contributed by atoms with van der Waals surface area (Å²) < 4.78 is 0. The lowest BCUT2D eigenvalue weighted by Crippen LogP contribution is -2.49. The maximum absolute atomic E-state index is 12.6. The first-order chi connectivity index (χ1) is 14.0. The number of carbonyl (C=O) groups is 3. The van der Waals surface area contributed by atoms with E-state index < -0.39 is 0 Å². The van der Waals surface area contributed by atoms with Crippen molar-refractivity contribution in [3.8, 4) is 0 Å². The number of amides is 3. The molecule has 6 nitrogen and oxygen atoms in total. The first-order valence-corrected chi connectivity index (χ1v) is 10.1. The van der Waals surface area contributed by atoms with Gasteiger partial charge in [-0.15, -0.1) is 0 Å². The molecular formula is C22H22ClN3O3. The van der Waals surface area contributed by atoms with Gasteiger partial charge in [-0.3, -0.25) is 19.3 Å². The van der Waals surface area contributed by atoms with Crippen molar-refractivity contribution in [2.45, 2.75) is 13.3 Å². The number of piperazine rings is 1. The van der Waals surface area contributed by atoms with Crippen molar-refractivity contribution in [2.24, 2.45) is 0 Å². The van der Waals surface area contributed by atoms with Crippen LogP contribution in [0, 0.1) is 6.92 Å². The summed E-state index contributed by atoms with van der Waals surface area (Å²) in [5, 5.41) is 0.738. The number of rotatable bonds is 4. The van der Waals surface area contributed by atoms with Gasteiger partial charge in [-0.05, 0) is 36.8 Å². The van der Waals surface area contributed by atoms with Crippen molar-refractivity contribution in [1.29, 1.82) is 0 Å². The molecule has 2 heterocycles. The molecule has 2 aromatic rings. The highest BCUT2D eigenvalue weighted by molar-refractivity contribution is 6.31. The van der Waals surface area contributed by atoms with E-state index in [1.165, 1.54) is 4.90 Å². The molecule has 1 saturated heterocycles. The van der Waals surface area contributed by atoms with Crippen LogP contribution >= 0.6 is 11.6 Å². The molecule has 0 bridgehead atoms. The molecular weight excluding hydrogens is 390 g/mol. The smallest absolute Gasteiger partial charge is 0.261 e. The van der Waals surface area contributed by atoms with Gasteiger partial charge in [0.25, 0.3) is 11.8 Å². The highest BCUT2D eigenvalue weighted by Crippen LogP contribution is 2.25. The molecule has 7 heteroatoms. The summed E-state index contributed by atoms with van der Waals surface area (Å²) in [6.07, 6.45) is 0.141. The maximum atomic E-state index is 12.6. The molecule has 4 rings (SSSR count). The van der Waals surface area contributed by atoms with E-state index in [1.807, 2.05) is 25.1 Å². The molecule has 0 aromatic heterocycles. The third kappa shape index (κ3) is 3.72. The summed E-state index contributed by atoms with van der Waals surface area (Å²) in [4.78, 5) is 42.6. The van der Waals surface area contributed by atoms with Crippen LogP contribution in [0.5, 0.6) is 0 Å². The van der Waals surface area contributed by atoms with Gasteiger partial charge in [-0.1, -0.05) is 29.8 Å². The van der Waals surface area contributed by atoms with Crippen LogP contribution in [-0.2, 0) is 4.79 Å². The molecule has 3 amide bonds. The van der Waals surface area contributed by atoms with Gasteiger partial charge in [-0.25, -0.2) is 0 Å². The second kappa shape index (κ2) is 7.87. The molecule has 0 spiro atoms. The van der Waals surface area contributed by atoms with Crippen LogP contribution in [0.3, 0.4) is 0 Å². The van der Waals surface area contributed by atoms with E-state index in [0.29, 0.717) is 24.2 Å². The van der Waals surface area contributed by atoms with Crippen molar-refractivity contribution >= 4 is 35.0 Å². The lowest BCUT2D eigenvalue weighted by molar-refractivity contribution is -0.131. The number of halogens is 1. The van der Waals surface area contributed by atoms with Gasteiger partial charge in [0, 0.05) is 49.9 Å². The molecule has 0 radical (unpaired) electrons. The van der Waals surface area contributed by atoms with Crippen molar-refractivity contribution < 1.29 is 14.4 Å². The molecule has 0 unspecified atom stereocenters. The topological polar surface area (TPSA) is 60.9 Å². The van der Waals surface area contributed by atoms with E-state index in [4.69, 9.17) is 11.6 Å². The number of anilines is 1. The molecule has 2 aliphatic rings. The second-order valence-corrected chi connectivity index (χ2v) is 7.77. The van der Waals surface area contributed by atoms with Gasteiger partial charge in [0.1, 0.15) is 0 Å². The van der Waals surface area contributed by atoms with Crippen LogP contribution in [0.25, 0.3) is 0 Å². The summed E-state index contributed by atoms with van der Waals surface area (Å²) in [6, 6.07) is 12.8. The molecule has 0 atom stereocenters. The molecule has 0 N–H and O–H groups in total. The summed E-state index contributed by atoms with van der Waals surface area (Å²) in [7, 11) is 0. The Labute approximate surface area is 174 Å². The van der Waals surface area contributed by atoms with Crippen LogP contribution < -0.4 is 4.90 Å². The minimum absolute atomic E-state index is 0.0388. The van der Waals surface area contributed by atoms with E-state index in [2.05, 4.69) is 4.90 Å². The number of hydrogen-bond acceptors (Lipinski definition) is 4. The van der Waals surface area contributed by atoms with E-state index >= 15 is 0 Å². The van der Waals surface area contributed by atoms with Gasteiger partial charge < -0.3 is 9.80 Å². The van der Waals surface area contributed by atoms with Crippen LogP contribution in [0.4, 0.5) is 5.69 Å². The minimum atomic E-state index is -0.320. The Morgan fingerprint density at radius 1 is 0.966 bits per heavy atom. The highest BCUT2D eigenvalue weighted by Gasteiger charge is 2.35. The molecule has 1 fully saturated rings. The fourth-order valence-corrected chi connectivity index (χ4v) is 3.98. The van der Waals surface area contributed by atoms with Crippen molar-refractivity contribution in [3.63, 3.8) is 0 Å². The number of aryl methyl sites for hydroxylation is 1. The SMILES string of the molecule is Cc1ccc(N2CCN(C(=O)CCN3C(=O)c4ccccc4C3=O)CC2)cc1Cl. The molecule has 2 aliphatic heterocycles. The average molecular weight is 412 g/mol. The Kier molecular flexibility index (Phi) is 5.28. The van der Waals surface area contributed by atoms with Crippen LogP contribution in [0.1, 0.15) is 32.7 Å². The summed E-state index contributed by atoms with van der Waals surface area (Å²) >= 11 is 6.22. The normalized spacial score (nSPS) is 16.4. The molecule has 29 heavy (non-hydrogen) atoms. The molecule has 150 valence electrons. The van der Waals surface area contributed by atoms with Gasteiger partial charge in [0.05, 0.1) is 11.1 Å². The van der Waals surface area contributed by atoms with Crippen LogP contribution in [0.2, 0.25) is 5.02 Å². The number of fused-ring (bicyclic) bond motifs is 1. The third-order valence-electron chi connectivity index (χ3n) is 5.58. The Morgan fingerprint density at radius 3 is 2.17 bits per heavy atom. The predicted molar refractivity (Wildman–Crippen MR) is 111 cm³/mol. The maximum Gasteiger partial charge on any atom is 0.261 e. The quantitative estimate of drug-likeness (QED) is 0.726. The summed E-state index contributed by atoms with van der Waals surface area (Å²) in [5.74, 6) is -0.679. The minimum Gasteiger partial charge on any atom is -0.368 e. The highest BCUT2D eigenvalue weighted by atomic mass is 35.5. The van der Waals surface area contributed by atoms with E-state index in [-0.39, 0.29) is 30.7 Å². The number of imide groups is 1. The molecule has 0 saturated carbocycles. The Hall–Kier alpha value is -2.86. The van der Waals surface area contributed by atoms with Gasteiger partial charge >= 0.3 is 0 Å². The summed E-state index contributed by atoms with van der Waals surface area (Å²) in [5.41, 5.74) is 2.92. The number of nitrogens with zero attached hydrogens (tertiary/aromatic N) is 3. The first kappa shape index (κ1) is 19.5. The third-order valence-corrected chi connectivity index (χ3v) is 5.99. The number of carbonyl (C=O) groups excluding carboxylic acids is 3. The standard InChI is InChI=1S/C22H22ClN3O3/c1-15-6-7-16(14-19(15)23)24-10-12-25(13-11-24)20(27)8-9-26-21(28)17-4-2-3-5-18(17)22(26)29/h2-7,14H,8-13H2,1H3. The Balaban J connectivity index is 1.31. The van der Waals surface area contributed by atoms with Crippen LogP contribution in [0.15, 0.2) is 42.5 Å². The van der Waals surface area contributed by atoms with Gasteiger partial charge in [0.15, 0.2) is 0 Å². The monoisotopic (exact) mass is 411 g/mol. The molecule has 0 aliphatic carbocycles. The number of hydrogen-bond donors (Lipinski definition) is 0. The van der Waals surface area contributed by atoms with Crippen molar-refractivity contribution in [3.05, 3.63) is 64.2 Å². The second-order valence-electron chi connectivity index (χ2n) is 7.36. The van der Waals surface area contributed by atoms with Crippen molar-refractivity contribution in [2.75, 3.05) is 37.6 Å². The number of benzene rings is 2. The van der Waals surface area contributed by atoms with E-state index in [1.54, 1.807) is 29.2 Å². The largest absolute Gasteiger partial charge is 0.368 e. The Morgan fingerprint density at radius 2 is 1.59 bits per heavy atom. The fourth-order valence-electron chi connectivity index (χ4n) is 3.80. The lowest BCUT2D eigenvalue weighted by atomic mass is 10.1. The van der Waals surface area contributed by atoms with E-state index in [0.717, 1.165) is 29.4 Å².